The topological polar surface area (TPSA) is 94.5 Å². The molecule has 0 aliphatic rings. The summed E-state index contributed by atoms with van der Waals surface area (Å²) in [6.45, 7) is -2.39. The largest absolute Gasteiger partial charge is 0.527 e. The third-order valence-corrected chi connectivity index (χ3v) is 4.01. The highest BCUT2D eigenvalue weighted by atomic mass is 31.2. The molecule has 0 radical (unpaired) electrons. The molecule has 1 aromatic rings. The predicted molar refractivity (Wildman–Crippen MR) is 77.7 cm³/mol. The van der Waals surface area contributed by atoms with E-state index in [1.165, 1.54) is 4.74 Å². The molecule has 21 heteroatoms. The van der Waals surface area contributed by atoms with Gasteiger partial charge in [0.05, 0.1) is 5.30 Å². The summed E-state index contributed by atoms with van der Waals surface area (Å²) in [4.78, 5) is 17.7. The highest BCUT2D eigenvalue weighted by Crippen LogP contribution is 2.48. The van der Waals surface area contributed by atoms with Crippen molar-refractivity contribution < 1.29 is 90.4 Å². The zero-order chi connectivity index (χ0) is 27.0. The Morgan fingerprint density at radius 2 is 1.03 bits per heavy atom. The highest BCUT2D eigenvalue weighted by Gasteiger charge is 2.74. The van der Waals surface area contributed by atoms with Gasteiger partial charge < -0.3 is 14.5 Å². The molecule has 2 N–H and O–H groups in total. The molecular formula is C13H8F13O7P. The highest BCUT2D eigenvalue weighted by molar-refractivity contribution is 7.60. The van der Waals surface area contributed by atoms with Crippen molar-refractivity contribution in [2.75, 3.05) is 6.61 Å². The number of ether oxygens (including phenoxy) is 4. The minimum Gasteiger partial charge on any atom is -0.484 e. The molecule has 0 spiro atoms. The van der Waals surface area contributed by atoms with Crippen molar-refractivity contribution in [2.24, 2.45) is 0 Å². The van der Waals surface area contributed by atoms with Crippen molar-refractivity contribution >= 4 is 12.9 Å². The van der Waals surface area contributed by atoms with Crippen LogP contribution in [-0.4, -0.2) is 53.3 Å². The van der Waals surface area contributed by atoms with Gasteiger partial charge in [0.25, 0.3) is 0 Å². The van der Waals surface area contributed by atoms with Gasteiger partial charge in [-0.15, -0.1) is 13.2 Å². The summed E-state index contributed by atoms with van der Waals surface area (Å²) in [5.41, 5.74) is 0. The van der Waals surface area contributed by atoms with Gasteiger partial charge in [0.2, 0.25) is 0 Å². The number of hydrogen-bond acceptors (Lipinski definition) is 5. The van der Waals surface area contributed by atoms with Crippen molar-refractivity contribution in [2.45, 2.75) is 36.9 Å². The molecule has 0 aliphatic carbocycles. The van der Waals surface area contributed by atoms with E-state index in [4.69, 9.17) is 9.79 Å². The summed E-state index contributed by atoms with van der Waals surface area (Å²) in [7, 11) is -4.79. The maximum absolute atomic E-state index is 13.4. The fourth-order valence-electron chi connectivity index (χ4n) is 1.66. The van der Waals surface area contributed by atoms with Gasteiger partial charge in [0.1, 0.15) is 5.75 Å². The van der Waals surface area contributed by atoms with Crippen LogP contribution in [0.4, 0.5) is 57.1 Å². The van der Waals surface area contributed by atoms with Crippen molar-refractivity contribution in [1.29, 1.82) is 0 Å². The number of benzene rings is 1. The van der Waals surface area contributed by atoms with Crippen LogP contribution < -0.4 is 10.0 Å². The third-order valence-electron chi connectivity index (χ3n) is 3.04. The Labute approximate surface area is 178 Å². The Balaban J connectivity index is 2.93. The fraction of sp³-hybridized carbons (Fsp3) is 0.538. The third kappa shape index (κ3) is 8.12. The summed E-state index contributed by atoms with van der Waals surface area (Å²) >= 11 is 0. The second kappa shape index (κ2) is 9.30. The molecule has 0 amide bonds. The number of rotatable bonds is 11. The fourth-order valence-corrected chi connectivity index (χ4v) is 2.20. The van der Waals surface area contributed by atoms with Crippen molar-refractivity contribution in [3.63, 3.8) is 0 Å². The standard InChI is InChI=1S/C13H8F13O7P/c14-8(15,5-30-6-1-3-7(4-2-6)34(27,28)29)31-9(16,17)10(18,19)32-11(20,21)12(22,23)33-13(24,25)26/h1-4H,5H2,(H2,27,28,29). The van der Waals surface area contributed by atoms with E-state index < -0.39 is 62.2 Å². The second-order valence-corrected chi connectivity index (χ2v) is 7.39. The zero-order valence-electron chi connectivity index (χ0n) is 15.3. The Morgan fingerprint density at radius 1 is 0.647 bits per heavy atom. The first kappa shape index (κ1) is 30.2. The number of hydrogen-bond donors (Lipinski definition) is 2. The predicted octanol–water partition coefficient (Wildman–Crippen LogP) is 4.40. The van der Waals surface area contributed by atoms with Gasteiger partial charge in [-0.05, 0) is 24.3 Å². The van der Waals surface area contributed by atoms with Gasteiger partial charge in [-0.25, -0.2) is 14.2 Å². The molecule has 7 nitrogen and oxygen atoms in total. The lowest BCUT2D eigenvalue weighted by atomic mass is 10.3. The molecule has 1 rings (SSSR count). The Morgan fingerprint density at radius 3 is 1.41 bits per heavy atom. The molecule has 0 fully saturated rings. The van der Waals surface area contributed by atoms with Crippen LogP contribution in [-0.2, 0) is 18.8 Å². The van der Waals surface area contributed by atoms with E-state index in [0.29, 0.717) is 24.3 Å². The lowest BCUT2D eigenvalue weighted by Crippen LogP contribution is -2.57. The summed E-state index contributed by atoms with van der Waals surface area (Å²) < 4.78 is 187. The number of alkyl halides is 13. The van der Waals surface area contributed by atoms with E-state index >= 15 is 0 Å². The van der Waals surface area contributed by atoms with Gasteiger partial charge in [-0.3, -0.25) is 4.57 Å². The molecule has 0 saturated heterocycles. The van der Waals surface area contributed by atoms with Gasteiger partial charge in [-0.2, -0.15) is 43.9 Å². The van der Waals surface area contributed by atoms with Gasteiger partial charge in [0, 0.05) is 0 Å². The lowest BCUT2D eigenvalue weighted by molar-refractivity contribution is -0.564. The second-order valence-electron chi connectivity index (χ2n) is 5.78. The van der Waals surface area contributed by atoms with Crippen molar-refractivity contribution in [1.82, 2.24) is 0 Å². The SMILES string of the molecule is O=P(O)(O)c1ccc(OCC(F)(F)OC(F)(F)C(F)(F)OC(F)(F)C(F)(F)OC(F)(F)F)cc1. The lowest BCUT2D eigenvalue weighted by Gasteiger charge is -2.33. The maximum Gasteiger partial charge on any atom is 0.527 e. The van der Waals surface area contributed by atoms with Crippen LogP contribution in [0.2, 0.25) is 0 Å². The molecule has 34 heavy (non-hydrogen) atoms. The number of halogens is 13. The van der Waals surface area contributed by atoms with E-state index in [2.05, 4.69) is 9.47 Å². The van der Waals surface area contributed by atoms with Crippen molar-refractivity contribution in [3.8, 4) is 5.75 Å². The van der Waals surface area contributed by atoms with Crippen LogP contribution in [0.3, 0.4) is 0 Å². The summed E-state index contributed by atoms with van der Waals surface area (Å²) in [6, 6.07) is 2.45. The summed E-state index contributed by atoms with van der Waals surface area (Å²) in [5, 5.41) is -0.654. The first-order chi connectivity index (χ1) is 14.8. The molecule has 0 aliphatic heterocycles. The maximum atomic E-state index is 13.4. The van der Waals surface area contributed by atoms with Crippen LogP contribution in [0.5, 0.6) is 5.75 Å². The molecule has 0 saturated carbocycles. The van der Waals surface area contributed by atoms with Gasteiger partial charge in [-0.1, -0.05) is 0 Å². The van der Waals surface area contributed by atoms with E-state index in [1.54, 1.807) is 4.74 Å². The minimum atomic E-state index is -7.15. The van der Waals surface area contributed by atoms with Gasteiger partial charge in [0.15, 0.2) is 6.61 Å². The van der Waals surface area contributed by atoms with Gasteiger partial charge >= 0.3 is 44.5 Å². The van der Waals surface area contributed by atoms with Crippen LogP contribution in [0.1, 0.15) is 0 Å². The van der Waals surface area contributed by atoms with E-state index in [-0.39, 0.29) is 0 Å². The van der Waals surface area contributed by atoms with E-state index in [1.807, 2.05) is 0 Å². The first-order valence-electron chi connectivity index (χ1n) is 7.66. The molecule has 0 unspecified atom stereocenters. The van der Waals surface area contributed by atoms with E-state index in [0.717, 1.165) is 0 Å². The van der Waals surface area contributed by atoms with Crippen LogP contribution in [0, 0.1) is 0 Å². The Kier molecular flexibility index (Phi) is 8.26. The van der Waals surface area contributed by atoms with Crippen LogP contribution >= 0.6 is 7.60 Å². The molecule has 198 valence electrons. The molecule has 0 aromatic heterocycles. The monoisotopic (exact) mass is 554 g/mol. The average molecular weight is 554 g/mol. The Bertz CT molecular complexity index is 882. The Hall–Kier alpha value is -1.86. The summed E-state index contributed by atoms with van der Waals surface area (Å²) in [5.74, 6) is -0.734. The average Bonchev–Trinajstić information content (AvgIpc) is 2.55. The summed E-state index contributed by atoms with van der Waals surface area (Å²) in [6.07, 6.45) is -40.2. The van der Waals surface area contributed by atoms with Crippen molar-refractivity contribution in [3.05, 3.63) is 24.3 Å². The minimum absolute atomic E-state index is 0.601. The molecule has 1 aromatic carbocycles. The molecule has 0 heterocycles. The molecular weight excluding hydrogens is 546 g/mol. The molecule has 0 atom stereocenters. The van der Waals surface area contributed by atoms with E-state index in [9.17, 15) is 61.6 Å². The zero-order valence-corrected chi connectivity index (χ0v) is 16.2. The van der Waals surface area contributed by atoms with Crippen LogP contribution in [0.25, 0.3) is 0 Å². The first-order valence-corrected chi connectivity index (χ1v) is 9.27. The molecule has 0 bridgehead atoms. The smallest absolute Gasteiger partial charge is 0.484 e. The quantitative estimate of drug-likeness (QED) is 0.310. The van der Waals surface area contributed by atoms with Crippen LogP contribution in [0.15, 0.2) is 24.3 Å². The normalized spacial score (nSPS) is 14.9.